The summed E-state index contributed by atoms with van der Waals surface area (Å²) in [5.74, 6) is 0. The van der Waals surface area contributed by atoms with E-state index in [0.29, 0.717) is 18.5 Å². The summed E-state index contributed by atoms with van der Waals surface area (Å²) in [5, 5.41) is 0. The van der Waals surface area contributed by atoms with Gasteiger partial charge in [-0.05, 0) is 48.4 Å². The Bertz CT molecular complexity index is 1140. The van der Waals surface area contributed by atoms with Crippen LogP contribution in [0.3, 0.4) is 0 Å². The molecule has 1 aromatic carbocycles. The Kier molecular flexibility index (Phi) is 5.51. The fraction of sp³-hybridized carbons (Fsp3) is 0.550. The van der Waals surface area contributed by atoms with Gasteiger partial charge in [-0.3, -0.25) is 0 Å². The van der Waals surface area contributed by atoms with Gasteiger partial charge in [0.15, 0.2) is 0 Å². The SMILES string of the molecule is Cc1c(C(F)(F)F)ccc2c1CN(S(=O)(=O)C(F)(F)F)C[C@@H](C1(C)CC1)N2Cc1cnc[nH]1. The molecule has 33 heavy (non-hydrogen) atoms. The first-order valence-electron chi connectivity index (χ1n) is 10.1. The van der Waals surface area contributed by atoms with Crippen molar-refractivity contribution >= 4 is 15.7 Å². The molecule has 1 N–H and O–H groups in total. The molecule has 0 amide bonds. The van der Waals surface area contributed by atoms with Crippen LogP contribution in [-0.2, 0) is 29.3 Å². The molecule has 6 nitrogen and oxygen atoms in total. The van der Waals surface area contributed by atoms with Gasteiger partial charge in [0, 0.05) is 31.0 Å². The molecule has 1 aromatic heterocycles. The Hall–Kier alpha value is -2.28. The quantitative estimate of drug-likeness (QED) is 0.630. The molecule has 1 fully saturated rings. The first kappa shape index (κ1) is 23.9. The third-order valence-electron chi connectivity index (χ3n) is 6.65. The van der Waals surface area contributed by atoms with Crippen LogP contribution in [0.25, 0.3) is 0 Å². The Morgan fingerprint density at radius 1 is 1.18 bits per heavy atom. The molecule has 1 aliphatic carbocycles. The summed E-state index contributed by atoms with van der Waals surface area (Å²) in [4.78, 5) is 8.55. The molecule has 2 aromatic rings. The van der Waals surface area contributed by atoms with Gasteiger partial charge in [-0.1, -0.05) is 6.92 Å². The highest BCUT2D eigenvalue weighted by molar-refractivity contribution is 7.89. The van der Waals surface area contributed by atoms with Gasteiger partial charge in [0.25, 0.3) is 0 Å². The summed E-state index contributed by atoms with van der Waals surface area (Å²) >= 11 is 0. The Labute approximate surface area is 186 Å². The van der Waals surface area contributed by atoms with Crippen molar-refractivity contribution in [2.75, 3.05) is 11.4 Å². The van der Waals surface area contributed by atoms with Crippen molar-refractivity contribution in [3.8, 4) is 0 Å². The van der Waals surface area contributed by atoms with Gasteiger partial charge >= 0.3 is 21.7 Å². The van der Waals surface area contributed by atoms with E-state index < -0.39 is 51.8 Å². The minimum Gasteiger partial charge on any atom is -0.361 e. The number of aromatic amines is 1. The smallest absolute Gasteiger partial charge is 0.361 e. The fourth-order valence-electron chi connectivity index (χ4n) is 4.43. The van der Waals surface area contributed by atoms with Gasteiger partial charge in [0.2, 0.25) is 0 Å². The van der Waals surface area contributed by atoms with Crippen molar-refractivity contribution in [2.24, 2.45) is 5.41 Å². The van der Waals surface area contributed by atoms with Gasteiger partial charge in [-0.15, -0.1) is 0 Å². The number of nitrogens with zero attached hydrogens (tertiary/aromatic N) is 3. The normalized spacial score (nSPS) is 21.6. The number of hydrogen-bond donors (Lipinski definition) is 1. The number of H-pyrrole nitrogens is 1. The molecule has 1 aliphatic heterocycles. The van der Waals surface area contributed by atoms with E-state index in [1.54, 1.807) is 4.90 Å². The summed E-state index contributed by atoms with van der Waals surface area (Å²) < 4.78 is 106. The Balaban J connectivity index is 1.93. The Morgan fingerprint density at radius 3 is 2.36 bits per heavy atom. The van der Waals surface area contributed by atoms with Gasteiger partial charge < -0.3 is 9.88 Å². The first-order valence-corrected chi connectivity index (χ1v) is 11.6. The van der Waals surface area contributed by atoms with Crippen LogP contribution in [0.2, 0.25) is 0 Å². The maximum Gasteiger partial charge on any atom is 0.511 e. The maximum absolute atomic E-state index is 13.6. The molecule has 0 saturated heterocycles. The van der Waals surface area contributed by atoms with Crippen LogP contribution < -0.4 is 4.90 Å². The molecule has 2 aliphatic rings. The number of alkyl halides is 6. The molecular formula is C20H22F6N4O2S. The van der Waals surface area contributed by atoms with E-state index in [9.17, 15) is 34.8 Å². The lowest BCUT2D eigenvalue weighted by atomic mass is 9.95. The van der Waals surface area contributed by atoms with Gasteiger partial charge in [-0.2, -0.15) is 30.6 Å². The number of nitrogens with one attached hydrogen (secondary N) is 1. The van der Waals surface area contributed by atoms with E-state index >= 15 is 0 Å². The number of aromatic nitrogens is 2. The topological polar surface area (TPSA) is 69.3 Å². The standard InChI is InChI=1S/C20H22F6N4O2S/c1-12-14-9-29(33(31,32)20(24,25)26)10-17(18(2)5-6-18)30(8-13-7-27-11-28-13)16(14)4-3-15(12)19(21,22)23/h3-4,7,11,17H,5-6,8-10H2,1-2H3,(H,27,28)/t17-/m0/s1. The molecule has 1 saturated carbocycles. The number of halogens is 6. The largest absolute Gasteiger partial charge is 0.511 e. The Morgan fingerprint density at radius 2 is 1.85 bits per heavy atom. The lowest BCUT2D eigenvalue weighted by molar-refractivity contribution is -0.138. The number of benzene rings is 1. The third kappa shape index (κ3) is 4.20. The minimum atomic E-state index is -5.78. The molecule has 4 rings (SSSR count). The second kappa shape index (κ2) is 7.62. The van der Waals surface area contributed by atoms with Crippen molar-refractivity contribution in [1.82, 2.24) is 14.3 Å². The van der Waals surface area contributed by atoms with Crippen LogP contribution in [0.5, 0.6) is 0 Å². The van der Waals surface area contributed by atoms with Crippen LogP contribution >= 0.6 is 0 Å². The van der Waals surface area contributed by atoms with Crippen LogP contribution in [0.4, 0.5) is 32.0 Å². The number of imidazole rings is 1. The summed E-state index contributed by atoms with van der Waals surface area (Å²) in [7, 11) is -5.78. The van der Waals surface area contributed by atoms with Gasteiger partial charge in [-0.25, -0.2) is 13.4 Å². The summed E-state index contributed by atoms with van der Waals surface area (Å²) in [6.07, 6.45) is -0.494. The van der Waals surface area contributed by atoms with Crippen LogP contribution in [0, 0.1) is 12.3 Å². The van der Waals surface area contributed by atoms with Crippen LogP contribution in [-0.4, -0.2) is 40.8 Å². The number of fused-ring (bicyclic) bond motifs is 1. The zero-order valence-corrected chi connectivity index (χ0v) is 18.6. The molecule has 182 valence electrons. The molecule has 0 unspecified atom stereocenters. The number of sulfonamides is 1. The van der Waals surface area contributed by atoms with E-state index in [1.807, 2.05) is 6.92 Å². The summed E-state index contributed by atoms with van der Waals surface area (Å²) in [6.45, 7) is 1.82. The molecule has 1 atom stereocenters. The van der Waals surface area contributed by atoms with Crippen molar-refractivity contribution in [3.05, 3.63) is 47.0 Å². The lowest BCUT2D eigenvalue weighted by Crippen LogP contribution is -2.50. The van der Waals surface area contributed by atoms with Crippen LogP contribution in [0.1, 0.15) is 42.1 Å². The second-order valence-electron chi connectivity index (χ2n) is 8.85. The zero-order valence-electron chi connectivity index (χ0n) is 17.8. The van der Waals surface area contributed by atoms with E-state index in [4.69, 9.17) is 0 Å². The van der Waals surface area contributed by atoms with E-state index in [2.05, 4.69) is 9.97 Å². The average molecular weight is 496 g/mol. The molecule has 0 bridgehead atoms. The molecular weight excluding hydrogens is 474 g/mol. The zero-order chi connectivity index (χ0) is 24.4. The predicted molar refractivity (Wildman–Crippen MR) is 107 cm³/mol. The average Bonchev–Trinajstić information content (AvgIpc) is 3.26. The van der Waals surface area contributed by atoms with E-state index in [0.717, 1.165) is 13.0 Å². The fourth-order valence-corrected chi connectivity index (χ4v) is 5.35. The first-order chi connectivity index (χ1) is 15.1. The van der Waals surface area contributed by atoms with Crippen molar-refractivity contribution in [1.29, 1.82) is 0 Å². The minimum absolute atomic E-state index is 0.0936. The monoisotopic (exact) mass is 496 g/mol. The molecule has 0 radical (unpaired) electrons. The highest BCUT2D eigenvalue weighted by Gasteiger charge is 2.55. The molecule has 2 heterocycles. The second-order valence-corrected chi connectivity index (χ2v) is 10.8. The lowest BCUT2D eigenvalue weighted by Gasteiger charge is -2.38. The maximum atomic E-state index is 13.6. The highest BCUT2D eigenvalue weighted by atomic mass is 32.2. The van der Waals surface area contributed by atoms with Crippen molar-refractivity contribution < 1.29 is 34.8 Å². The molecule has 0 spiro atoms. The van der Waals surface area contributed by atoms with Crippen LogP contribution in [0.15, 0.2) is 24.7 Å². The van der Waals surface area contributed by atoms with E-state index in [1.165, 1.54) is 18.6 Å². The number of rotatable bonds is 4. The van der Waals surface area contributed by atoms with Crippen molar-refractivity contribution in [3.63, 3.8) is 0 Å². The third-order valence-corrected chi connectivity index (χ3v) is 8.19. The summed E-state index contributed by atoms with van der Waals surface area (Å²) in [6, 6.07) is 1.44. The van der Waals surface area contributed by atoms with Gasteiger partial charge in [0.1, 0.15) is 0 Å². The molecule has 13 heteroatoms. The van der Waals surface area contributed by atoms with Crippen molar-refractivity contribution in [2.45, 2.75) is 57.5 Å². The van der Waals surface area contributed by atoms with E-state index in [-0.39, 0.29) is 27.7 Å². The summed E-state index contributed by atoms with van der Waals surface area (Å²) in [5.41, 5.74) is -6.58. The highest BCUT2D eigenvalue weighted by Crippen LogP contribution is 2.53. The van der Waals surface area contributed by atoms with Gasteiger partial charge in [0.05, 0.1) is 24.1 Å². The number of anilines is 1. The predicted octanol–water partition coefficient (Wildman–Crippen LogP) is 4.58. The number of hydrogen-bond acceptors (Lipinski definition) is 4.